The summed E-state index contributed by atoms with van der Waals surface area (Å²) in [4.78, 5) is 30.7. The molecule has 0 amide bonds. The first-order valence-electron chi connectivity index (χ1n) is 16.8. The highest BCUT2D eigenvalue weighted by Crippen LogP contribution is 2.55. The molecule has 47 heavy (non-hydrogen) atoms. The van der Waals surface area contributed by atoms with Gasteiger partial charge in [-0.1, -0.05) is 81.8 Å². The van der Waals surface area contributed by atoms with Crippen molar-refractivity contribution in [1.82, 2.24) is 4.90 Å². The summed E-state index contributed by atoms with van der Waals surface area (Å²) in [6.07, 6.45) is 3.15. The minimum atomic E-state index is -0.519. The normalized spacial score (nSPS) is 19.3. The van der Waals surface area contributed by atoms with Crippen LogP contribution >= 0.6 is 11.6 Å². The molecule has 0 fully saturated rings. The van der Waals surface area contributed by atoms with Crippen LogP contribution in [0.25, 0.3) is 10.8 Å². The van der Waals surface area contributed by atoms with Crippen LogP contribution in [0, 0.1) is 10.8 Å². The number of fused-ring (bicyclic) bond motifs is 1. The molecule has 0 radical (unpaired) electrons. The summed E-state index contributed by atoms with van der Waals surface area (Å²) >= 11 is 7.07. The molecular formula is C40H46ClNO5. The molecule has 1 heterocycles. The minimum absolute atomic E-state index is 0.0903. The standard InChI is InChI=1S/C40H46ClNO5/c1-7-46-34-19-27(18-29(41)38(34)47-24-26-14-10-13-25-12-8-9-15-28(25)26)35-36-30(20-39(2,3)22-32(36)43)42(16-11-17-45-6)31-21-40(4,5)23-33(44)37(31)35/h8-10,12-15,18-19,35H,7,11,16-17,20-24H2,1-6H3. The smallest absolute Gasteiger partial charge is 0.180 e. The number of rotatable bonds is 10. The molecule has 7 heteroatoms. The van der Waals surface area contributed by atoms with E-state index in [4.69, 9.17) is 25.8 Å². The molecule has 0 unspecified atom stereocenters. The molecule has 0 bridgehead atoms. The topological polar surface area (TPSA) is 65.1 Å². The summed E-state index contributed by atoms with van der Waals surface area (Å²) < 4.78 is 18.0. The molecule has 6 rings (SSSR count). The molecule has 0 spiro atoms. The number of Topliss-reactive ketones (excluding diaryl/α,β-unsaturated/α-hetero) is 2. The average molecular weight is 656 g/mol. The minimum Gasteiger partial charge on any atom is -0.490 e. The van der Waals surface area contributed by atoms with Crippen LogP contribution in [-0.2, 0) is 20.9 Å². The Labute approximate surface area is 283 Å². The van der Waals surface area contributed by atoms with E-state index in [0.29, 0.717) is 55.7 Å². The van der Waals surface area contributed by atoms with Gasteiger partial charge in [-0.3, -0.25) is 9.59 Å². The van der Waals surface area contributed by atoms with Crippen molar-refractivity contribution < 1.29 is 23.8 Å². The third kappa shape index (κ3) is 6.60. The van der Waals surface area contributed by atoms with Crippen molar-refractivity contribution in [1.29, 1.82) is 0 Å². The Bertz CT molecular complexity index is 1730. The predicted molar refractivity (Wildman–Crippen MR) is 187 cm³/mol. The van der Waals surface area contributed by atoms with Gasteiger partial charge < -0.3 is 19.1 Å². The summed E-state index contributed by atoms with van der Waals surface area (Å²) in [6, 6.07) is 18.2. The fraction of sp³-hybridized carbons (Fsp3) is 0.450. The second-order valence-corrected chi connectivity index (χ2v) is 15.1. The monoisotopic (exact) mass is 655 g/mol. The predicted octanol–water partition coefficient (Wildman–Crippen LogP) is 9.19. The summed E-state index contributed by atoms with van der Waals surface area (Å²) in [6.45, 7) is 12.6. The van der Waals surface area contributed by atoms with Gasteiger partial charge in [0.05, 0.1) is 11.6 Å². The van der Waals surface area contributed by atoms with Crippen molar-refractivity contribution in [2.24, 2.45) is 10.8 Å². The van der Waals surface area contributed by atoms with Crippen molar-refractivity contribution >= 4 is 33.9 Å². The van der Waals surface area contributed by atoms with Gasteiger partial charge in [-0.2, -0.15) is 0 Å². The lowest BCUT2D eigenvalue weighted by Crippen LogP contribution is -2.44. The number of ether oxygens (including phenoxy) is 3. The van der Waals surface area contributed by atoms with Gasteiger partial charge in [0.2, 0.25) is 0 Å². The highest BCUT2D eigenvalue weighted by Gasteiger charge is 2.49. The molecule has 0 saturated carbocycles. The lowest BCUT2D eigenvalue weighted by Gasteiger charge is -2.49. The Hall–Kier alpha value is -3.61. The maximum absolute atomic E-state index is 14.2. The van der Waals surface area contributed by atoms with Crippen molar-refractivity contribution in [3.63, 3.8) is 0 Å². The Morgan fingerprint density at radius 3 is 2.13 bits per heavy atom. The Morgan fingerprint density at radius 2 is 1.49 bits per heavy atom. The van der Waals surface area contributed by atoms with Crippen LogP contribution in [0.1, 0.15) is 83.8 Å². The number of carbonyl (C=O) groups is 2. The van der Waals surface area contributed by atoms with Gasteiger partial charge in [-0.05, 0) is 71.0 Å². The van der Waals surface area contributed by atoms with Crippen LogP contribution in [0.3, 0.4) is 0 Å². The number of halogens is 1. The Balaban J connectivity index is 1.47. The third-order valence-electron chi connectivity index (χ3n) is 9.67. The van der Waals surface area contributed by atoms with Crippen LogP contribution in [0.5, 0.6) is 11.5 Å². The van der Waals surface area contributed by atoms with E-state index in [9.17, 15) is 9.59 Å². The maximum atomic E-state index is 14.2. The second-order valence-electron chi connectivity index (χ2n) is 14.7. The molecule has 248 valence electrons. The zero-order valence-electron chi connectivity index (χ0n) is 28.5. The van der Waals surface area contributed by atoms with Crippen molar-refractivity contribution in [2.45, 2.75) is 79.2 Å². The number of ketones is 2. The molecule has 2 aliphatic carbocycles. The number of hydrogen-bond donors (Lipinski definition) is 0. The van der Waals surface area contributed by atoms with Gasteiger partial charge in [0.25, 0.3) is 0 Å². The number of allylic oxidation sites excluding steroid dienone is 4. The van der Waals surface area contributed by atoms with Crippen LogP contribution < -0.4 is 9.47 Å². The lowest BCUT2D eigenvalue weighted by molar-refractivity contribution is -0.119. The van der Waals surface area contributed by atoms with E-state index in [1.54, 1.807) is 7.11 Å². The van der Waals surface area contributed by atoms with E-state index in [1.807, 2.05) is 37.3 Å². The van der Waals surface area contributed by atoms with Crippen LogP contribution in [-0.4, -0.2) is 43.3 Å². The molecule has 0 N–H and O–H groups in total. The van der Waals surface area contributed by atoms with Crippen molar-refractivity contribution in [3.8, 4) is 11.5 Å². The number of nitrogens with zero attached hydrogens (tertiary/aromatic N) is 1. The van der Waals surface area contributed by atoms with E-state index in [0.717, 1.165) is 63.7 Å². The quantitative estimate of drug-likeness (QED) is 0.203. The van der Waals surface area contributed by atoms with Gasteiger partial charge in [-0.25, -0.2) is 0 Å². The zero-order valence-corrected chi connectivity index (χ0v) is 29.3. The van der Waals surface area contributed by atoms with E-state index >= 15 is 0 Å². The molecule has 6 nitrogen and oxygen atoms in total. The molecule has 1 aliphatic heterocycles. The first-order valence-corrected chi connectivity index (χ1v) is 17.2. The fourth-order valence-electron chi connectivity index (χ4n) is 7.74. The first kappa shape index (κ1) is 33.3. The molecule has 3 aliphatic rings. The van der Waals surface area contributed by atoms with E-state index < -0.39 is 5.92 Å². The first-order chi connectivity index (χ1) is 22.4. The molecular weight excluding hydrogens is 610 g/mol. The van der Waals surface area contributed by atoms with E-state index in [2.05, 4.69) is 56.9 Å². The van der Waals surface area contributed by atoms with E-state index in [-0.39, 0.29) is 22.4 Å². The summed E-state index contributed by atoms with van der Waals surface area (Å²) in [5, 5.41) is 2.65. The number of methoxy groups -OCH3 is 1. The Morgan fingerprint density at radius 1 is 0.851 bits per heavy atom. The highest BCUT2D eigenvalue weighted by atomic mass is 35.5. The average Bonchev–Trinajstić information content (AvgIpc) is 3.00. The maximum Gasteiger partial charge on any atom is 0.180 e. The zero-order chi connectivity index (χ0) is 33.5. The van der Waals surface area contributed by atoms with Crippen LogP contribution in [0.15, 0.2) is 77.1 Å². The number of hydrogen-bond acceptors (Lipinski definition) is 6. The molecule has 0 atom stereocenters. The third-order valence-corrected chi connectivity index (χ3v) is 9.95. The van der Waals surface area contributed by atoms with E-state index in [1.165, 1.54) is 0 Å². The summed E-state index contributed by atoms with van der Waals surface area (Å²) in [5.74, 6) is 0.627. The van der Waals surface area contributed by atoms with Gasteiger partial charge in [0, 0.05) is 61.6 Å². The summed E-state index contributed by atoms with van der Waals surface area (Å²) in [5.41, 5.74) is 4.94. The van der Waals surface area contributed by atoms with Gasteiger partial charge in [0.1, 0.15) is 6.61 Å². The van der Waals surface area contributed by atoms with Crippen molar-refractivity contribution in [2.75, 3.05) is 26.9 Å². The van der Waals surface area contributed by atoms with Gasteiger partial charge in [-0.15, -0.1) is 0 Å². The second kappa shape index (κ2) is 13.1. The highest BCUT2D eigenvalue weighted by molar-refractivity contribution is 6.32. The van der Waals surface area contributed by atoms with Crippen LogP contribution in [0.4, 0.5) is 0 Å². The number of benzene rings is 3. The van der Waals surface area contributed by atoms with Crippen molar-refractivity contribution in [3.05, 3.63) is 93.3 Å². The Kier molecular flexibility index (Phi) is 9.30. The van der Waals surface area contributed by atoms with Crippen LogP contribution in [0.2, 0.25) is 5.02 Å². The fourth-order valence-corrected chi connectivity index (χ4v) is 8.02. The van der Waals surface area contributed by atoms with Gasteiger partial charge >= 0.3 is 0 Å². The summed E-state index contributed by atoms with van der Waals surface area (Å²) in [7, 11) is 1.71. The molecule has 3 aromatic rings. The molecule has 0 saturated heterocycles. The molecule has 3 aromatic carbocycles. The lowest BCUT2D eigenvalue weighted by atomic mass is 9.63. The molecule has 0 aromatic heterocycles. The largest absolute Gasteiger partial charge is 0.490 e. The number of carbonyl (C=O) groups excluding carboxylic acids is 2. The van der Waals surface area contributed by atoms with Gasteiger partial charge in [0.15, 0.2) is 23.1 Å². The SMILES string of the molecule is CCOc1cc(C2C3=C(CC(C)(C)CC3=O)N(CCCOC)C3=C2C(=O)CC(C)(C)C3)cc(Cl)c1OCc1cccc2ccccc12.